The van der Waals surface area contributed by atoms with Crippen LogP contribution in [0.15, 0.2) is 0 Å². The van der Waals surface area contributed by atoms with E-state index >= 15 is 0 Å². The summed E-state index contributed by atoms with van der Waals surface area (Å²) in [6.45, 7) is 0. The molecule has 0 aliphatic carbocycles. The molecular weight excluding hydrogens is 189 g/mol. The molecule has 4 heteroatoms. The van der Waals surface area contributed by atoms with Crippen LogP contribution in [0.25, 0.3) is 0 Å². The smallest absolute Gasteiger partial charge is 0 e. The largest absolute Gasteiger partial charge is 0 e. The number of hydrogen-bond acceptors (Lipinski definition) is 0. The minimum absolute atomic E-state index is 0. The van der Waals surface area contributed by atoms with Gasteiger partial charge in [0.15, 0.2) is 0 Å². The van der Waals surface area contributed by atoms with Gasteiger partial charge in [-0.3, -0.25) is 0 Å². The van der Waals surface area contributed by atoms with Crippen molar-refractivity contribution in [1.29, 1.82) is 0 Å². The van der Waals surface area contributed by atoms with E-state index < -0.39 is 0 Å². The molecule has 0 saturated heterocycles. The minimum atomic E-state index is 0. The van der Waals surface area contributed by atoms with Crippen LogP contribution >= 0.6 is 0 Å². The zero-order valence-electron chi connectivity index (χ0n) is 1.18. The molecule has 0 rings (SSSR count). The van der Waals surface area contributed by atoms with Gasteiger partial charge in [0.25, 0.3) is 0 Å². The number of rotatable bonds is 0. The molecule has 4 heavy (non-hydrogen) atoms. The molecule has 0 unspecified atom stereocenters. The van der Waals surface area contributed by atoms with E-state index in [9.17, 15) is 0 Å². The van der Waals surface area contributed by atoms with E-state index in [0.717, 1.165) is 0 Å². The molecule has 0 spiro atoms. The van der Waals surface area contributed by atoms with E-state index in [2.05, 4.69) is 0 Å². The van der Waals surface area contributed by atoms with Crippen molar-refractivity contribution >= 4 is 29.6 Å². The van der Waals surface area contributed by atoms with Crippen LogP contribution in [0, 0.1) is 0 Å². The first-order chi connectivity index (χ1) is 0. The maximum Gasteiger partial charge on any atom is 0 e. The Bertz CT molecular complexity index is 8.00. The standard InChI is InChI=1S/Cu.Mn.Na.Ti.H. The van der Waals surface area contributed by atoms with Crippen LogP contribution in [0.4, 0.5) is 0 Å². The minimum Gasteiger partial charge on any atom is 0 e. The van der Waals surface area contributed by atoms with E-state index in [1.165, 1.54) is 0 Å². The van der Waals surface area contributed by atoms with Crippen molar-refractivity contribution in [2.24, 2.45) is 0 Å². The summed E-state index contributed by atoms with van der Waals surface area (Å²) < 4.78 is 0. The molecule has 0 nitrogen and oxygen atoms in total. The Kier molecular flexibility index (Phi) is 126. The first-order valence-corrected chi connectivity index (χ1v) is 0. The Morgan fingerprint density at radius 1 is 1.00 bits per heavy atom. The van der Waals surface area contributed by atoms with E-state index in [-0.39, 0.29) is 85.4 Å². The summed E-state index contributed by atoms with van der Waals surface area (Å²) in [7, 11) is 0. The molecule has 0 aromatic rings. The summed E-state index contributed by atoms with van der Waals surface area (Å²) >= 11 is 0. The summed E-state index contributed by atoms with van der Waals surface area (Å²) in [6, 6.07) is 0. The molecule has 0 atom stereocenters. The van der Waals surface area contributed by atoms with Gasteiger partial charge in [0.1, 0.15) is 0 Å². The Labute approximate surface area is 84.0 Å². The first-order valence-electron chi connectivity index (χ1n) is 0. The summed E-state index contributed by atoms with van der Waals surface area (Å²) in [5.74, 6) is 0. The van der Waals surface area contributed by atoms with Crippen molar-refractivity contribution in [3.63, 3.8) is 0 Å². The third-order valence-corrected chi connectivity index (χ3v) is 0. The van der Waals surface area contributed by atoms with Crippen molar-refractivity contribution < 1.29 is 55.9 Å². The number of hydrogen-bond donors (Lipinski definition) is 0. The maximum absolute atomic E-state index is 0. The van der Waals surface area contributed by atoms with Crippen LogP contribution in [0.1, 0.15) is 0 Å². The molecule has 0 aliphatic heterocycles. The molecule has 0 fully saturated rings. The fourth-order valence-corrected chi connectivity index (χ4v) is 0. The molecular formula is HCuMnNaTi. The fraction of sp³-hybridized carbons (Fsp3) is 0. The second-order valence-electron chi connectivity index (χ2n) is 0. The van der Waals surface area contributed by atoms with Crippen LogP contribution in [0.3, 0.4) is 0 Å². The predicted octanol–water partition coefficient (Wildman–Crippen LogP) is -0.656. The van der Waals surface area contributed by atoms with E-state index in [4.69, 9.17) is 0 Å². The van der Waals surface area contributed by atoms with E-state index in [1.54, 1.807) is 0 Å². The van der Waals surface area contributed by atoms with E-state index in [1.807, 2.05) is 0 Å². The second-order valence-corrected chi connectivity index (χ2v) is 0. The van der Waals surface area contributed by atoms with Crippen LogP contribution < -0.4 is 0 Å². The molecule has 2 radical (unpaired) electrons. The van der Waals surface area contributed by atoms with Crippen LogP contribution in [0.2, 0.25) is 0 Å². The molecule has 0 aliphatic rings. The van der Waals surface area contributed by atoms with Crippen molar-refractivity contribution in [3.8, 4) is 0 Å². The van der Waals surface area contributed by atoms with Gasteiger partial charge in [0.2, 0.25) is 0 Å². The van der Waals surface area contributed by atoms with Gasteiger partial charge in [0, 0.05) is 55.9 Å². The molecule has 24 valence electrons. The molecule has 0 bridgehead atoms. The Morgan fingerprint density at radius 2 is 1.00 bits per heavy atom. The molecule has 0 aromatic heterocycles. The van der Waals surface area contributed by atoms with Crippen LogP contribution in [0.5, 0.6) is 0 Å². The van der Waals surface area contributed by atoms with Gasteiger partial charge >= 0.3 is 29.6 Å². The summed E-state index contributed by atoms with van der Waals surface area (Å²) in [4.78, 5) is 0. The van der Waals surface area contributed by atoms with Crippen molar-refractivity contribution in [3.05, 3.63) is 0 Å². The van der Waals surface area contributed by atoms with Gasteiger partial charge in [-0.05, 0) is 0 Å². The monoisotopic (exact) mass is 190 g/mol. The topological polar surface area (TPSA) is 0 Å². The zero-order valence-corrected chi connectivity index (χ0v) is 4.86. The summed E-state index contributed by atoms with van der Waals surface area (Å²) in [5.41, 5.74) is 0. The SMILES string of the molecule is [Cu].[Mn].[NaH].[Ti]. The van der Waals surface area contributed by atoms with Gasteiger partial charge in [-0.25, -0.2) is 0 Å². The average Bonchev–Trinajstić information content (AvgIpc) is 0. The Balaban J connectivity index is 0. The van der Waals surface area contributed by atoms with Crippen molar-refractivity contribution in [1.82, 2.24) is 0 Å². The van der Waals surface area contributed by atoms with E-state index in [0.29, 0.717) is 0 Å². The van der Waals surface area contributed by atoms with Gasteiger partial charge in [-0.15, -0.1) is 0 Å². The van der Waals surface area contributed by atoms with Gasteiger partial charge in [-0.1, -0.05) is 0 Å². The van der Waals surface area contributed by atoms with Crippen LogP contribution in [-0.2, 0) is 55.9 Å². The van der Waals surface area contributed by atoms with Crippen LogP contribution in [-0.4, -0.2) is 29.6 Å². The molecule has 0 heterocycles. The normalized spacial score (nSPS) is 0. The third-order valence-electron chi connectivity index (χ3n) is 0. The van der Waals surface area contributed by atoms with Gasteiger partial charge in [0.05, 0.1) is 0 Å². The second kappa shape index (κ2) is 17.1. The van der Waals surface area contributed by atoms with Crippen molar-refractivity contribution in [2.45, 2.75) is 0 Å². The molecule has 0 amide bonds. The fourth-order valence-electron chi connectivity index (χ4n) is 0. The summed E-state index contributed by atoms with van der Waals surface area (Å²) in [6.07, 6.45) is 0. The van der Waals surface area contributed by atoms with Gasteiger partial charge in [-0.2, -0.15) is 0 Å². The third kappa shape index (κ3) is 8.83. The molecule has 0 saturated carbocycles. The Hall–Kier alpha value is 2.75. The predicted molar refractivity (Wildman–Crippen MR) is 7.15 cm³/mol. The van der Waals surface area contributed by atoms with Crippen molar-refractivity contribution in [2.75, 3.05) is 0 Å². The molecule has 0 aromatic carbocycles. The quantitative estimate of drug-likeness (QED) is 0.445. The summed E-state index contributed by atoms with van der Waals surface area (Å²) in [5, 5.41) is 0. The average molecular weight is 190 g/mol. The maximum atomic E-state index is 0. The zero-order chi connectivity index (χ0) is 0. The Morgan fingerprint density at radius 3 is 1.00 bits per heavy atom. The first kappa shape index (κ1) is 29.5. The van der Waals surface area contributed by atoms with Gasteiger partial charge < -0.3 is 0 Å². The molecule has 0 N–H and O–H groups in total.